The lowest BCUT2D eigenvalue weighted by molar-refractivity contribution is 0.0966. The average Bonchev–Trinajstić information content (AvgIpc) is 3.30. The van der Waals surface area contributed by atoms with Crippen molar-refractivity contribution < 1.29 is 13.2 Å². The lowest BCUT2D eigenvalue weighted by Crippen LogP contribution is -2.13. The van der Waals surface area contributed by atoms with Gasteiger partial charge in [0.25, 0.3) is 15.9 Å². The molecule has 5 nitrogen and oxygen atoms in total. The van der Waals surface area contributed by atoms with Crippen LogP contribution in [-0.4, -0.2) is 18.3 Å². The monoisotopic (exact) mass is 388 g/mol. The number of hydrogen-bond donors (Lipinski definition) is 1. The van der Waals surface area contributed by atoms with Crippen LogP contribution in [0.1, 0.15) is 15.9 Å². The largest absolute Gasteiger partial charge is 0.348 e. The van der Waals surface area contributed by atoms with E-state index >= 15 is 0 Å². The van der Waals surface area contributed by atoms with Crippen LogP contribution in [0.3, 0.4) is 0 Å². The Morgan fingerprint density at radius 2 is 1.57 bits per heavy atom. The van der Waals surface area contributed by atoms with Gasteiger partial charge in [-0.1, -0.05) is 54.6 Å². The molecule has 0 saturated heterocycles. The maximum atomic E-state index is 13.3. The second kappa shape index (κ2) is 6.07. The zero-order chi connectivity index (χ0) is 19.3. The number of nitrogens with one attached hydrogen (secondary N) is 1. The van der Waals surface area contributed by atoms with Crippen LogP contribution in [0.5, 0.6) is 0 Å². The summed E-state index contributed by atoms with van der Waals surface area (Å²) in [6, 6.07) is 21.4. The highest BCUT2D eigenvalue weighted by atomic mass is 32.2. The minimum Gasteiger partial charge on any atom is -0.348 e. The molecule has 1 aromatic heterocycles. The molecule has 1 amide bonds. The van der Waals surface area contributed by atoms with E-state index in [0.717, 1.165) is 22.1 Å². The average molecular weight is 388 g/mol. The molecule has 6 heteroatoms. The third kappa shape index (κ3) is 2.38. The Bertz CT molecular complexity index is 1340. The van der Waals surface area contributed by atoms with E-state index in [1.165, 1.54) is 3.97 Å². The van der Waals surface area contributed by atoms with E-state index in [9.17, 15) is 13.2 Å². The van der Waals surface area contributed by atoms with Crippen molar-refractivity contribution in [1.82, 2.24) is 9.29 Å². The lowest BCUT2D eigenvalue weighted by atomic mass is 9.96. The molecule has 138 valence electrons. The molecule has 0 fully saturated rings. The van der Waals surface area contributed by atoms with Crippen LogP contribution >= 0.6 is 0 Å². The lowest BCUT2D eigenvalue weighted by Gasteiger charge is -2.07. The van der Waals surface area contributed by atoms with Crippen LogP contribution in [0.15, 0.2) is 83.9 Å². The Kier molecular flexibility index (Phi) is 3.64. The summed E-state index contributed by atoms with van der Waals surface area (Å²) in [5.74, 6) is -0.131. The minimum atomic E-state index is -3.76. The van der Waals surface area contributed by atoms with Crippen molar-refractivity contribution >= 4 is 26.8 Å². The van der Waals surface area contributed by atoms with Crippen molar-refractivity contribution in [2.45, 2.75) is 11.4 Å². The van der Waals surface area contributed by atoms with Gasteiger partial charge in [-0.25, -0.2) is 12.4 Å². The molecule has 1 N–H and O–H groups in total. The highest BCUT2D eigenvalue weighted by Gasteiger charge is 2.26. The normalized spacial score (nSPS) is 13.5. The van der Waals surface area contributed by atoms with Gasteiger partial charge in [-0.2, -0.15) is 0 Å². The topological polar surface area (TPSA) is 68.2 Å². The summed E-state index contributed by atoms with van der Waals surface area (Å²) in [7, 11) is -3.76. The predicted molar refractivity (Wildman–Crippen MR) is 108 cm³/mol. The van der Waals surface area contributed by atoms with Crippen LogP contribution in [-0.2, 0) is 16.6 Å². The van der Waals surface area contributed by atoms with Crippen LogP contribution in [0.2, 0.25) is 0 Å². The number of nitrogens with zero attached hydrogens (tertiary/aromatic N) is 1. The first-order valence-corrected chi connectivity index (χ1v) is 10.3. The number of para-hydroxylation sites is 1. The Labute approximate surface area is 162 Å². The summed E-state index contributed by atoms with van der Waals surface area (Å²) in [6.45, 7) is 0.489. The number of benzene rings is 3. The van der Waals surface area contributed by atoms with E-state index < -0.39 is 10.0 Å². The first-order valence-electron chi connectivity index (χ1n) is 8.88. The molecule has 28 heavy (non-hydrogen) atoms. The Balaban J connectivity index is 1.81. The van der Waals surface area contributed by atoms with Crippen LogP contribution < -0.4 is 5.32 Å². The maximum absolute atomic E-state index is 13.3. The van der Waals surface area contributed by atoms with Crippen LogP contribution in [0.4, 0.5) is 0 Å². The highest BCUT2D eigenvalue weighted by molar-refractivity contribution is 7.90. The summed E-state index contributed by atoms with van der Waals surface area (Å²) in [5, 5.41) is 3.63. The van der Waals surface area contributed by atoms with Gasteiger partial charge in [0, 0.05) is 23.7 Å². The van der Waals surface area contributed by atoms with Crippen molar-refractivity contribution in [1.29, 1.82) is 0 Å². The number of carbonyl (C=O) groups is 1. The fourth-order valence-electron chi connectivity index (χ4n) is 3.77. The molecule has 1 aliphatic rings. The van der Waals surface area contributed by atoms with Crippen LogP contribution in [0.25, 0.3) is 22.0 Å². The summed E-state index contributed by atoms with van der Waals surface area (Å²) in [5.41, 5.74) is 3.58. The van der Waals surface area contributed by atoms with E-state index in [2.05, 4.69) is 5.32 Å². The summed E-state index contributed by atoms with van der Waals surface area (Å²) < 4.78 is 27.9. The molecule has 4 aromatic rings. The third-order valence-corrected chi connectivity index (χ3v) is 6.77. The molecule has 3 aromatic carbocycles. The van der Waals surface area contributed by atoms with Crippen LogP contribution in [0, 0.1) is 0 Å². The molecule has 0 unspecified atom stereocenters. The smallest absolute Gasteiger partial charge is 0.268 e. The number of carbonyl (C=O) groups excluding carboxylic acids is 1. The van der Waals surface area contributed by atoms with Crippen molar-refractivity contribution in [2.24, 2.45) is 0 Å². The number of aromatic nitrogens is 1. The van der Waals surface area contributed by atoms with Gasteiger partial charge in [-0.05, 0) is 29.3 Å². The maximum Gasteiger partial charge on any atom is 0.268 e. The number of rotatable bonds is 3. The van der Waals surface area contributed by atoms with Gasteiger partial charge in [-0.15, -0.1) is 0 Å². The number of hydrogen-bond acceptors (Lipinski definition) is 3. The van der Waals surface area contributed by atoms with Gasteiger partial charge in [0.2, 0.25) is 0 Å². The SMILES string of the molecule is O=C1NCc2cccc(-c3cn(S(=O)(=O)c4ccccc4)c4ccccc34)c21. The molecule has 0 aliphatic carbocycles. The van der Waals surface area contributed by atoms with Crippen molar-refractivity contribution in [3.05, 3.63) is 90.1 Å². The summed E-state index contributed by atoms with van der Waals surface area (Å²) in [4.78, 5) is 12.6. The third-order valence-electron chi connectivity index (χ3n) is 5.09. The van der Waals surface area contributed by atoms with E-state index in [4.69, 9.17) is 0 Å². The molecule has 0 radical (unpaired) electrons. The van der Waals surface area contributed by atoms with Gasteiger partial charge in [0.05, 0.1) is 16.0 Å². The highest BCUT2D eigenvalue weighted by Crippen LogP contribution is 2.36. The van der Waals surface area contributed by atoms with E-state index in [-0.39, 0.29) is 10.8 Å². The van der Waals surface area contributed by atoms with Gasteiger partial charge in [0.15, 0.2) is 0 Å². The molecule has 0 atom stereocenters. The second-order valence-electron chi connectivity index (χ2n) is 6.70. The van der Waals surface area contributed by atoms with E-state index in [0.29, 0.717) is 17.6 Å². The molecule has 5 rings (SSSR count). The van der Waals surface area contributed by atoms with Gasteiger partial charge >= 0.3 is 0 Å². The Morgan fingerprint density at radius 3 is 2.39 bits per heavy atom. The van der Waals surface area contributed by atoms with Gasteiger partial charge in [-0.3, -0.25) is 4.79 Å². The molecule has 0 spiro atoms. The zero-order valence-corrected chi connectivity index (χ0v) is 15.6. The fraction of sp³-hybridized carbons (Fsp3) is 0.0455. The predicted octanol–water partition coefficient (Wildman–Crippen LogP) is 3.79. The number of fused-ring (bicyclic) bond motifs is 2. The van der Waals surface area contributed by atoms with Gasteiger partial charge in [0.1, 0.15) is 0 Å². The van der Waals surface area contributed by atoms with Gasteiger partial charge < -0.3 is 5.32 Å². The van der Waals surface area contributed by atoms with E-state index in [1.807, 2.05) is 36.4 Å². The molecule has 1 aliphatic heterocycles. The Hall–Kier alpha value is -3.38. The number of amides is 1. The molecule has 0 saturated carbocycles. The molecular weight excluding hydrogens is 372 g/mol. The van der Waals surface area contributed by atoms with Crippen molar-refractivity contribution in [2.75, 3.05) is 0 Å². The molecular formula is C22H16N2O3S. The zero-order valence-electron chi connectivity index (χ0n) is 14.8. The van der Waals surface area contributed by atoms with Crippen molar-refractivity contribution in [3.63, 3.8) is 0 Å². The second-order valence-corrected chi connectivity index (χ2v) is 8.51. The standard InChI is InChI=1S/C22H16N2O3S/c25-22-21-15(13-23-22)7-6-11-18(21)19-14-24(20-12-5-4-10-17(19)20)28(26,27)16-8-2-1-3-9-16/h1-12,14H,13H2,(H,23,25). The van der Waals surface area contributed by atoms with E-state index in [1.54, 1.807) is 42.6 Å². The Morgan fingerprint density at radius 1 is 0.821 bits per heavy atom. The summed E-state index contributed by atoms with van der Waals surface area (Å²) >= 11 is 0. The molecule has 0 bridgehead atoms. The summed E-state index contributed by atoms with van der Waals surface area (Å²) in [6.07, 6.45) is 1.62. The first kappa shape index (κ1) is 16.8. The fourth-order valence-corrected chi connectivity index (χ4v) is 5.16. The first-order chi connectivity index (χ1) is 13.6. The minimum absolute atomic E-state index is 0.131. The van der Waals surface area contributed by atoms with Crippen molar-refractivity contribution in [3.8, 4) is 11.1 Å². The molecule has 2 heterocycles. The quantitative estimate of drug-likeness (QED) is 0.581.